The number of rotatable bonds is 4. The number of nitrogens with two attached hydrogens (primary N) is 1. The molecule has 1 atom stereocenters. The summed E-state index contributed by atoms with van der Waals surface area (Å²) in [6, 6.07) is 5.41. The van der Waals surface area contributed by atoms with Crippen LogP contribution in [-0.2, 0) is 0 Å². The molecule has 0 saturated carbocycles. The van der Waals surface area contributed by atoms with Crippen molar-refractivity contribution in [1.82, 2.24) is 5.32 Å². The van der Waals surface area contributed by atoms with Gasteiger partial charge in [-0.3, -0.25) is 4.99 Å². The Morgan fingerprint density at radius 1 is 1.32 bits per heavy atom. The summed E-state index contributed by atoms with van der Waals surface area (Å²) in [5.41, 5.74) is 6.76. The molecule has 3 N–H and O–H groups in total. The van der Waals surface area contributed by atoms with Crippen molar-refractivity contribution in [3.63, 3.8) is 0 Å². The molecule has 0 aliphatic carbocycles. The van der Waals surface area contributed by atoms with Crippen LogP contribution in [0.1, 0.15) is 32.4 Å². The van der Waals surface area contributed by atoms with Crippen LogP contribution in [0.4, 0.5) is 0 Å². The van der Waals surface area contributed by atoms with Crippen molar-refractivity contribution < 1.29 is 0 Å². The zero-order valence-electron chi connectivity index (χ0n) is 11.3. The number of hydrogen-bond donors (Lipinski definition) is 2. The van der Waals surface area contributed by atoms with E-state index in [1.54, 1.807) is 6.07 Å². The van der Waals surface area contributed by atoms with Gasteiger partial charge in [0.1, 0.15) is 0 Å². The van der Waals surface area contributed by atoms with Crippen LogP contribution in [0.15, 0.2) is 23.2 Å². The minimum Gasteiger partial charge on any atom is -0.370 e. The Labute approximate surface area is 142 Å². The van der Waals surface area contributed by atoms with Gasteiger partial charge in [0.25, 0.3) is 0 Å². The smallest absolute Gasteiger partial charge is 0.189 e. The number of benzene rings is 1. The van der Waals surface area contributed by atoms with E-state index >= 15 is 0 Å². The van der Waals surface area contributed by atoms with Crippen LogP contribution < -0.4 is 11.1 Å². The first-order valence-corrected chi connectivity index (χ1v) is 6.67. The zero-order valence-corrected chi connectivity index (χ0v) is 15.1. The van der Waals surface area contributed by atoms with Crippen molar-refractivity contribution in [2.45, 2.75) is 26.8 Å². The first-order chi connectivity index (χ1) is 8.40. The van der Waals surface area contributed by atoms with Gasteiger partial charge in [-0.05, 0) is 30.5 Å². The highest BCUT2D eigenvalue weighted by Crippen LogP contribution is 2.25. The SMILES string of the molecule is CC(C)CN=C(N)NC(C)c1ccc(Cl)cc1Cl.I. The van der Waals surface area contributed by atoms with Crippen LogP contribution in [-0.4, -0.2) is 12.5 Å². The van der Waals surface area contributed by atoms with E-state index in [1.165, 1.54) is 0 Å². The van der Waals surface area contributed by atoms with Crippen molar-refractivity contribution in [2.24, 2.45) is 16.6 Å². The normalized spacial score (nSPS) is 13.1. The minimum absolute atomic E-state index is 0. The maximum Gasteiger partial charge on any atom is 0.189 e. The summed E-state index contributed by atoms with van der Waals surface area (Å²) in [6.07, 6.45) is 0. The summed E-state index contributed by atoms with van der Waals surface area (Å²) in [5.74, 6) is 0.919. The third-order valence-corrected chi connectivity index (χ3v) is 2.98. The summed E-state index contributed by atoms with van der Waals surface area (Å²) in [7, 11) is 0. The van der Waals surface area contributed by atoms with Gasteiger partial charge >= 0.3 is 0 Å². The molecular formula is C13H20Cl2IN3. The predicted molar refractivity (Wildman–Crippen MR) is 94.8 cm³/mol. The van der Waals surface area contributed by atoms with Gasteiger partial charge in [-0.25, -0.2) is 0 Å². The van der Waals surface area contributed by atoms with Crippen LogP contribution in [0.3, 0.4) is 0 Å². The zero-order chi connectivity index (χ0) is 13.7. The van der Waals surface area contributed by atoms with Crippen LogP contribution >= 0.6 is 47.2 Å². The molecule has 0 spiro atoms. The minimum atomic E-state index is -0.00863. The molecule has 3 nitrogen and oxygen atoms in total. The highest BCUT2D eigenvalue weighted by molar-refractivity contribution is 14.0. The van der Waals surface area contributed by atoms with Crippen molar-refractivity contribution in [3.8, 4) is 0 Å². The standard InChI is InChI=1S/C13H19Cl2N3.HI/c1-8(2)7-17-13(16)18-9(3)11-5-4-10(14)6-12(11)15;/h4-6,8-9H,7H2,1-3H3,(H3,16,17,18);1H. The summed E-state index contributed by atoms with van der Waals surface area (Å²) in [5, 5.41) is 4.36. The molecule has 0 bridgehead atoms. The average Bonchev–Trinajstić information content (AvgIpc) is 2.26. The Kier molecular flexibility index (Phi) is 8.78. The summed E-state index contributed by atoms with van der Waals surface area (Å²) >= 11 is 12.0. The predicted octanol–water partition coefficient (Wildman–Crippen LogP) is 4.23. The third kappa shape index (κ3) is 6.68. The third-order valence-electron chi connectivity index (χ3n) is 2.42. The average molecular weight is 416 g/mol. The number of nitrogens with zero attached hydrogens (tertiary/aromatic N) is 1. The summed E-state index contributed by atoms with van der Waals surface area (Å²) in [4.78, 5) is 4.25. The van der Waals surface area contributed by atoms with E-state index in [0.717, 1.165) is 5.56 Å². The Balaban J connectivity index is 0.00000324. The molecule has 1 aromatic rings. The van der Waals surface area contributed by atoms with Crippen LogP contribution in [0.2, 0.25) is 10.0 Å². The van der Waals surface area contributed by atoms with Gasteiger partial charge in [0.05, 0.1) is 6.04 Å². The van der Waals surface area contributed by atoms with Crippen molar-refractivity contribution in [2.75, 3.05) is 6.54 Å². The molecule has 0 aliphatic rings. The molecule has 0 radical (unpaired) electrons. The van der Waals surface area contributed by atoms with E-state index in [4.69, 9.17) is 28.9 Å². The van der Waals surface area contributed by atoms with Gasteiger partial charge in [0.15, 0.2) is 5.96 Å². The molecule has 1 rings (SSSR count). The first kappa shape index (κ1) is 18.8. The second-order valence-electron chi connectivity index (χ2n) is 4.65. The molecule has 108 valence electrons. The van der Waals surface area contributed by atoms with Gasteiger partial charge in [0, 0.05) is 16.6 Å². The van der Waals surface area contributed by atoms with E-state index in [1.807, 2.05) is 19.1 Å². The highest BCUT2D eigenvalue weighted by Gasteiger charge is 2.10. The molecule has 1 unspecified atom stereocenters. The molecule has 19 heavy (non-hydrogen) atoms. The topological polar surface area (TPSA) is 50.4 Å². The molecular weight excluding hydrogens is 396 g/mol. The second kappa shape index (κ2) is 8.87. The van der Waals surface area contributed by atoms with E-state index < -0.39 is 0 Å². The van der Waals surface area contributed by atoms with E-state index in [2.05, 4.69) is 24.2 Å². The molecule has 0 aliphatic heterocycles. The number of halogens is 3. The van der Waals surface area contributed by atoms with Gasteiger partial charge in [-0.2, -0.15) is 0 Å². The van der Waals surface area contributed by atoms with Gasteiger partial charge in [0.2, 0.25) is 0 Å². The first-order valence-electron chi connectivity index (χ1n) is 5.91. The molecule has 0 aromatic heterocycles. The molecule has 0 heterocycles. The number of guanidine groups is 1. The Hall–Kier alpha value is -0.200. The number of nitrogens with one attached hydrogen (secondary N) is 1. The lowest BCUT2D eigenvalue weighted by Gasteiger charge is -2.16. The lowest BCUT2D eigenvalue weighted by molar-refractivity contribution is 0.652. The highest BCUT2D eigenvalue weighted by atomic mass is 127. The Morgan fingerprint density at radius 2 is 1.95 bits per heavy atom. The van der Waals surface area contributed by atoms with Crippen molar-refractivity contribution in [1.29, 1.82) is 0 Å². The van der Waals surface area contributed by atoms with Gasteiger partial charge in [-0.15, -0.1) is 24.0 Å². The summed E-state index contributed by atoms with van der Waals surface area (Å²) < 4.78 is 0. The lowest BCUT2D eigenvalue weighted by atomic mass is 10.1. The van der Waals surface area contributed by atoms with Gasteiger partial charge < -0.3 is 11.1 Å². The molecule has 0 fully saturated rings. The van der Waals surface area contributed by atoms with E-state index in [-0.39, 0.29) is 30.0 Å². The molecule has 0 saturated heterocycles. The number of aliphatic imine (C=N–C) groups is 1. The molecule has 1 aromatic carbocycles. The van der Waals surface area contributed by atoms with Crippen molar-refractivity contribution in [3.05, 3.63) is 33.8 Å². The largest absolute Gasteiger partial charge is 0.370 e. The van der Waals surface area contributed by atoms with E-state index in [0.29, 0.717) is 28.5 Å². The maximum atomic E-state index is 6.13. The van der Waals surface area contributed by atoms with Gasteiger partial charge in [-0.1, -0.05) is 43.1 Å². The van der Waals surface area contributed by atoms with Crippen LogP contribution in [0.25, 0.3) is 0 Å². The van der Waals surface area contributed by atoms with Crippen LogP contribution in [0.5, 0.6) is 0 Å². The Bertz CT molecular complexity index is 436. The lowest BCUT2D eigenvalue weighted by Crippen LogP contribution is -2.34. The Morgan fingerprint density at radius 3 is 2.47 bits per heavy atom. The fourth-order valence-electron chi connectivity index (χ4n) is 1.48. The fourth-order valence-corrected chi connectivity index (χ4v) is 2.05. The monoisotopic (exact) mass is 415 g/mol. The summed E-state index contributed by atoms with van der Waals surface area (Å²) in [6.45, 7) is 6.87. The van der Waals surface area contributed by atoms with Crippen molar-refractivity contribution >= 4 is 53.1 Å². The molecule has 6 heteroatoms. The number of hydrogen-bond acceptors (Lipinski definition) is 1. The van der Waals surface area contributed by atoms with Crippen LogP contribution in [0, 0.1) is 5.92 Å². The van der Waals surface area contributed by atoms with E-state index in [9.17, 15) is 0 Å². The molecule has 0 amide bonds. The quantitative estimate of drug-likeness (QED) is 0.439. The second-order valence-corrected chi connectivity index (χ2v) is 5.50. The fraction of sp³-hybridized carbons (Fsp3) is 0.462. The maximum absolute atomic E-state index is 6.13.